The fraction of sp³-hybridized carbons (Fsp3) is 0.467. The van der Waals surface area contributed by atoms with Crippen LogP contribution in [0.3, 0.4) is 0 Å². The molecule has 2 heterocycles. The SMILES string of the molecule is O=C(CCn1nc2ccccn2c1=O)NC1(C(=O)O)CCCC1. The number of hydrogen-bond acceptors (Lipinski definition) is 4. The lowest BCUT2D eigenvalue weighted by Gasteiger charge is -2.25. The highest BCUT2D eigenvalue weighted by molar-refractivity contribution is 5.87. The quantitative estimate of drug-likeness (QED) is 0.830. The Balaban J connectivity index is 1.67. The maximum atomic E-state index is 12.1. The second-order valence-corrected chi connectivity index (χ2v) is 5.83. The van der Waals surface area contributed by atoms with Crippen LogP contribution in [-0.4, -0.2) is 36.7 Å². The van der Waals surface area contributed by atoms with Crippen molar-refractivity contribution in [3.63, 3.8) is 0 Å². The standard InChI is InChI=1S/C15H18N4O4/c20-12(16-15(13(21)22)7-2-3-8-15)6-10-19-14(23)18-9-4-1-5-11(18)17-19/h1,4-5,9H,2-3,6-8,10H2,(H,16,20)(H,21,22). The van der Waals surface area contributed by atoms with Gasteiger partial charge in [0.25, 0.3) is 0 Å². The van der Waals surface area contributed by atoms with E-state index in [1.807, 2.05) is 0 Å². The molecule has 0 aromatic carbocycles. The minimum Gasteiger partial charge on any atom is -0.480 e. The molecular weight excluding hydrogens is 300 g/mol. The second kappa shape index (κ2) is 5.86. The van der Waals surface area contributed by atoms with Crippen molar-refractivity contribution in [3.8, 4) is 0 Å². The number of hydrogen-bond donors (Lipinski definition) is 2. The summed E-state index contributed by atoms with van der Waals surface area (Å²) < 4.78 is 2.62. The molecule has 23 heavy (non-hydrogen) atoms. The summed E-state index contributed by atoms with van der Waals surface area (Å²) in [6.45, 7) is 0.113. The molecule has 0 bridgehead atoms. The summed E-state index contributed by atoms with van der Waals surface area (Å²) in [5, 5.41) is 16.1. The van der Waals surface area contributed by atoms with E-state index in [1.165, 1.54) is 9.08 Å². The Kier molecular flexibility index (Phi) is 3.89. The summed E-state index contributed by atoms with van der Waals surface area (Å²) >= 11 is 0. The molecule has 1 aliphatic carbocycles. The Morgan fingerprint density at radius 2 is 2.04 bits per heavy atom. The number of aliphatic carboxylic acids is 1. The molecule has 0 radical (unpaired) electrons. The largest absolute Gasteiger partial charge is 0.480 e. The first-order chi connectivity index (χ1) is 11.0. The number of nitrogens with zero attached hydrogens (tertiary/aromatic N) is 3. The third kappa shape index (κ3) is 2.84. The van der Waals surface area contributed by atoms with Crippen LogP contribution in [0.15, 0.2) is 29.2 Å². The highest BCUT2D eigenvalue weighted by atomic mass is 16.4. The maximum absolute atomic E-state index is 12.1. The van der Waals surface area contributed by atoms with Gasteiger partial charge in [0.2, 0.25) is 5.91 Å². The number of pyridine rings is 1. The van der Waals surface area contributed by atoms with Crippen molar-refractivity contribution in [3.05, 3.63) is 34.9 Å². The number of carboxylic acids is 1. The minimum atomic E-state index is -1.15. The van der Waals surface area contributed by atoms with Gasteiger partial charge in [-0.15, -0.1) is 5.10 Å². The Bertz CT molecular complexity index is 801. The van der Waals surface area contributed by atoms with E-state index in [1.54, 1.807) is 24.4 Å². The van der Waals surface area contributed by atoms with Crippen LogP contribution < -0.4 is 11.0 Å². The fourth-order valence-corrected chi connectivity index (χ4v) is 3.02. The topological polar surface area (TPSA) is 106 Å². The van der Waals surface area contributed by atoms with Crippen LogP contribution in [0.1, 0.15) is 32.1 Å². The summed E-state index contributed by atoms with van der Waals surface area (Å²) in [6, 6.07) is 5.20. The van der Waals surface area contributed by atoms with E-state index in [9.17, 15) is 19.5 Å². The Labute approximate surface area is 131 Å². The molecule has 0 unspecified atom stereocenters. The molecular formula is C15H18N4O4. The van der Waals surface area contributed by atoms with E-state index >= 15 is 0 Å². The lowest BCUT2D eigenvalue weighted by Crippen LogP contribution is -2.52. The van der Waals surface area contributed by atoms with Gasteiger partial charge in [-0.3, -0.25) is 9.20 Å². The van der Waals surface area contributed by atoms with Crippen LogP contribution in [0.5, 0.6) is 0 Å². The fourth-order valence-electron chi connectivity index (χ4n) is 3.02. The first kappa shape index (κ1) is 15.3. The van der Waals surface area contributed by atoms with E-state index in [-0.39, 0.29) is 24.6 Å². The normalized spacial score (nSPS) is 16.5. The average Bonchev–Trinajstić information content (AvgIpc) is 3.12. The molecule has 2 N–H and O–H groups in total. The van der Waals surface area contributed by atoms with Crippen molar-refractivity contribution in [2.45, 2.75) is 44.2 Å². The molecule has 2 aromatic rings. The van der Waals surface area contributed by atoms with Crippen molar-refractivity contribution in [1.82, 2.24) is 19.5 Å². The zero-order valence-electron chi connectivity index (χ0n) is 12.6. The summed E-state index contributed by atoms with van der Waals surface area (Å²) in [6.07, 6.45) is 4.10. The molecule has 122 valence electrons. The van der Waals surface area contributed by atoms with Crippen LogP contribution in [0.25, 0.3) is 5.65 Å². The number of amides is 1. The van der Waals surface area contributed by atoms with Gasteiger partial charge >= 0.3 is 11.7 Å². The van der Waals surface area contributed by atoms with Gasteiger partial charge in [0.1, 0.15) is 5.54 Å². The van der Waals surface area contributed by atoms with Crippen molar-refractivity contribution in [1.29, 1.82) is 0 Å². The van der Waals surface area contributed by atoms with Crippen molar-refractivity contribution < 1.29 is 14.7 Å². The lowest BCUT2D eigenvalue weighted by atomic mass is 9.97. The van der Waals surface area contributed by atoms with Crippen molar-refractivity contribution in [2.24, 2.45) is 0 Å². The Morgan fingerprint density at radius 3 is 2.70 bits per heavy atom. The summed E-state index contributed by atoms with van der Waals surface area (Å²) in [7, 11) is 0. The van der Waals surface area contributed by atoms with E-state index < -0.39 is 11.5 Å². The maximum Gasteiger partial charge on any atom is 0.350 e. The van der Waals surface area contributed by atoms with E-state index in [0.717, 1.165) is 12.8 Å². The molecule has 1 saturated carbocycles. The zero-order chi connectivity index (χ0) is 16.4. The van der Waals surface area contributed by atoms with E-state index in [4.69, 9.17) is 0 Å². The first-order valence-corrected chi connectivity index (χ1v) is 7.60. The lowest BCUT2D eigenvalue weighted by molar-refractivity contribution is -0.147. The predicted molar refractivity (Wildman–Crippen MR) is 81.0 cm³/mol. The van der Waals surface area contributed by atoms with Gasteiger partial charge in [-0.1, -0.05) is 18.9 Å². The molecule has 1 amide bonds. The second-order valence-electron chi connectivity index (χ2n) is 5.83. The Hall–Kier alpha value is -2.64. The molecule has 2 aromatic heterocycles. The number of carbonyl (C=O) groups excluding carboxylic acids is 1. The van der Waals surface area contributed by atoms with Crippen molar-refractivity contribution in [2.75, 3.05) is 0 Å². The molecule has 8 nitrogen and oxygen atoms in total. The number of carboxylic acid groups (broad SMARTS) is 1. The molecule has 1 fully saturated rings. The number of fused-ring (bicyclic) bond motifs is 1. The number of carbonyl (C=O) groups is 2. The number of nitrogens with one attached hydrogen (secondary N) is 1. The highest BCUT2D eigenvalue weighted by Gasteiger charge is 2.42. The van der Waals surface area contributed by atoms with Crippen LogP contribution in [0.4, 0.5) is 0 Å². The van der Waals surface area contributed by atoms with Gasteiger partial charge in [0.15, 0.2) is 5.65 Å². The number of aryl methyl sites for hydroxylation is 1. The molecule has 0 atom stereocenters. The first-order valence-electron chi connectivity index (χ1n) is 7.60. The van der Waals surface area contributed by atoms with Gasteiger partial charge in [-0.05, 0) is 25.0 Å². The molecule has 3 rings (SSSR count). The summed E-state index contributed by atoms with van der Waals surface area (Å²) in [5.41, 5.74) is -0.959. The van der Waals surface area contributed by atoms with Gasteiger partial charge in [0.05, 0.1) is 6.54 Å². The third-order valence-corrected chi connectivity index (χ3v) is 4.28. The molecule has 8 heteroatoms. The van der Waals surface area contributed by atoms with Crippen molar-refractivity contribution >= 4 is 17.5 Å². The smallest absolute Gasteiger partial charge is 0.350 e. The third-order valence-electron chi connectivity index (χ3n) is 4.28. The zero-order valence-corrected chi connectivity index (χ0v) is 12.6. The predicted octanol–water partition coefficient (Wildman–Crippen LogP) is 0.400. The Morgan fingerprint density at radius 1 is 1.30 bits per heavy atom. The molecule has 0 spiro atoms. The summed E-state index contributed by atoms with van der Waals surface area (Å²) in [4.78, 5) is 35.6. The van der Waals surface area contributed by atoms with Crippen LogP contribution in [-0.2, 0) is 16.1 Å². The molecule has 0 saturated heterocycles. The van der Waals surface area contributed by atoms with E-state index in [2.05, 4.69) is 10.4 Å². The number of aromatic nitrogens is 3. The molecule has 0 aliphatic heterocycles. The van der Waals surface area contributed by atoms with Gasteiger partial charge in [-0.25, -0.2) is 14.3 Å². The van der Waals surface area contributed by atoms with E-state index in [0.29, 0.717) is 18.5 Å². The van der Waals surface area contributed by atoms with Crippen LogP contribution in [0, 0.1) is 0 Å². The van der Waals surface area contributed by atoms with Gasteiger partial charge in [0, 0.05) is 12.6 Å². The summed E-state index contributed by atoms with van der Waals surface area (Å²) in [5.74, 6) is -1.37. The average molecular weight is 318 g/mol. The monoisotopic (exact) mass is 318 g/mol. The number of rotatable bonds is 5. The highest BCUT2D eigenvalue weighted by Crippen LogP contribution is 2.29. The van der Waals surface area contributed by atoms with Crippen LogP contribution >= 0.6 is 0 Å². The van der Waals surface area contributed by atoms with Crippen LogP contribution in [0.2, 0.25) is 0 Å². The minimum absolute atomic E-state index is 0.0127. The molecule has 1 aliphatic rings. The van der Waals surface area contributed by atoms with Gasteiger partial charge in [-0.2, -0.15) is 0 Å². The van der Waals surface area contributed by atoms with Gasteiger partial charge < -0.3 is 10.4 Å².